The van der Waals surface area contributed by atoms with Crippen LogP contribution in [-0.4, -0.2) is 31.7 Å². The zero-order valence-electron chi connectivity index (χ0n) is 12.7. The SMILES string of the molecule is Cc1cc(C(=O)CSc2n[nH]c(-c3ccc(Cl)cc3)n2)c(C)[nH]1. The van der Waals surface area contributed by atoms with Gasteiger partial charge in [0.25, 0.3) is 0 Å². The number of hydrogen-bond donors (Lipinski definition) is 2. The molecule has 0 saturated heterocycles. The number of aromatic nitrogens is 4. The predicted octanol–water partition coefficient (Wildman–Crippen LogP) is 4.05. The van der Waals surface area contributed by atoms with Crippen molar-refractivity contribution >= 4 is 29.1 Å². The Labute approximate surface area is 142 Å². The summed E-state index contributed by atoms with van der Waals surface area (Å²) in [7, 11) is 0. The van der Waals surface area contributed by atoms with E-state index in [0.717, 1.165) is 22.5 Å². The minimum atomic E-state index is 0.0645. The molecule has 3 rings (SSSR count). The molecule has 0 atom stereocenters. The van der Waals surface area contributed by atoms with Gasteiger partial charge in [-0.05, 0) is 44.2 Å². The van der Waals surface area contributed by atoms with Crippen LogP contribution < -0.4 is 0 Å². The van der Waals surface area contributed by atoms with Gasteiger partial charge < -0.3 is 4.98 Å². The lowest BCUT2D eigenvalue weighted by Gasteiger charge is -1.97. The number of carbonyl (C=O) groups excluding carboxylic acids is 1. The lowest BCUT2D eigenvalue weighted by atomic mass is 10.2. The van der Waals surface area contributed by atoms with Crippen LogP contribution in [-0.2, 0) is 0 Å². The number of aromatic amines is 2. The van der Waals surface area contributed by atoms with Gasteiger partial charge in [-0.25, -0.2) is 4.98 Å². The molecular formula is C16H15ClN4OS. The number of rotatable bonds is 5. The van der Waals surface area contributed by atoms with Gasteiger partial charge in [0.05, 0.1) is 5.75 Å². The second-order valence-corrected chi connectivity index (χ2v) is 6.56. The third-order valence-corrected chi connectivity index (χ3v) is 4.46. The van der Waals surface area contributed by atoms with E-state index in [2.05, 4.69) is 20.2 Å². The number of aryl methyl sites for hydroxylation is 2. The van der Waals surface area contributed by atoms with Gasteiger partial charge in [-0.15, -0.1) is 5.10 Å². The molecular weight excluding hydrogens is 332 g/mol. The Morgan fingerprint density at radius 2 is 2.00 bits per heavy atom. The normalized spacial score (nSPS) is 10.9. The number of thioether (sulfide) groups is 1. The molecule has 0 aliphatic rings. The summed E-state index contributed by atoms with van der Waals surface area (Å²) >= 11 is 7.19. The molecule has 1 aromatic carbocycles. The van der Waals surface area contributed by atoms with E-state index in [1.54, 1.807) is 12.1 Å². The molecule has 0 aliphatic carbocycles. The van der Waals surface area contributed by atoms with Gasteiger partial charge in [0.2, 0.25) is 5.16 Å². The molecule has 2 heterocycles. The van der Waals surface area contributed by atoms with Gasteiger partial charge in [-0.3, -0.25) is 9.89 Å². The Morgan fingerprint density at radius 1 is 1.26 bits per heavy atom. The molecule has 2 aromatic heterocycles. The van der Waals surface area contributed by atoms with Crippen molar-refractivity contribution in [3.63, 3.8) is 0 Å². The van der Waals surface area contributed by atoms with Crippen LogP contribution in [0.2, 0.25) is 5.02 Å². The molecule has 0 unspecified atom stereocenters. The number of halogens is 1. The van der Waals surface area contributed by atoms with Crippen molar-refractivity contribution in [2.24, 2.45) is 0 Å². The molecule has 0 saturated carbocycles. The standard InChI is InChI=1S/C16H15ClN4OS/c1-9-7-13(10(2)18-9)14(22)8-23-16-19-15(20-21-16)11-3-5-12(17)6-4-11/h3-7,18H,8H2,1-2H3,(H,19,20,21). The maximum absolute atomic E-state index is 12.2. The zero-order valence-corrected chi connectivity index (χ0v) is 14.3. The van der Waals surface area contributed by atoms with Crippen molar-refractivity contribution in [1.82, 2.24) is 20.2 Å². The van der Waals surface area contributed by atoms with Gasteiger partial charge in [0, 0.05) is 27.5 Å². The number of Topliss-reactive ketones (excluding diaryl/α,β-unsaturated/α-hetero) is 1. The number of hydrogen-bond acceptors (Lipinski definition) is 4. The number of benzene rings is 1. The van der Waals surface area contributed by atoms with E-state index in [0.29, 0.717) is 21.8 Å². The number of carbonyl (C=O) groups is 1. The molecule has 23 heavy (non-hydrogen) atoms. The van der Waals surface area contributed by atoms with Gasteiger partial charge >= 0.3 is 0 Å². The molecule has 7 heteroatoms. The molecule has 0 amide bonds. The van der Waals surface area contributed by atoms with E-state index in [4.69, 9.17) is 11.6 Å². The highest BCUT2D eigenvalue weighted by molar-refractivity contribution is 7.99. The van der Waals surface area contributed by atoms with E-state index in [1.165, 1.54) is 11.8 Å². The third-order valence-electron chi connectivity index (χ3n) is 3.36. The van der Waals surface area contributed by atoms with Gasteiger partial charge in [0.15, 0.2) is 11.6 Å². The number of ketones is 1. The fourth-order valence-electron chi connectivity index (χ4n) is 2.27. The summed E-state index contributed by atoms with van der Waals surface area (Å²) in [5.74, 6) is 1.02. The molecule has 2 N–H and O–H groups in total. The van der Waals surface area contributed by atoms with Crippen LogP contribution in [0.25, 0.3) is 11.4 Å². The second kappa shape index (κ2) is 6.60. The zero-order chi connectivity index (χ0) is 16.4. The molecule has 5 nitrogen and oxygen atoms in total. The van der Waals surface area contributed by atoms with Crippen molar-refractivity contribution in [2.75, 3.05) is 5.75 Å². The number of H-pyrrole nitrogens is 2. The first-order chi connectivity index (χ1) is 11.0. The van der Waals surface area contributed by atoms with Crippen LogP contribution in [0.4, 0.5) is 0 Å². The topological polar surface area (TPSA) is 74.4 Å². The van der Waals surface area contributed by atoms with E-state index in [1.807, 2.05) is 32.0 Å². The Kier molecular flexibility index (Phi) is 4.54. The molecule has 118 valence electrons. The van der Waals surface area contributed by atoms with Crippen molar-refractivity contribution in [3.05, 3.63) is 52.3 Å². The quantitative estimate of drug-likeness (QED) is 0.540. The smallest absolute Gasteiger partial charge is 0.209 e. The highest BCUT2D eigenvalue weighted by Gasteiger charge is 2.14. The summed E-state index contributed by atoms with van der Waals surface area (Å²) < 4.78 is 0. The highest BCUT2D eigenvalue weighted by atomic mass is 35.5. The Morgan fingerprint density at radius 3 is 2.65 bits per heavy atom. The average molecular weight is 347 g/mol. The predicted molar refractivity (Wildman–Crippen MR) is 92.1 cm³/mol. The Bertz CT molecular complexity index is 838. The van der Waals surface area contributed by atoms with E-state index < -0.39 is 0 Å². The Balaban J connectivity index is 1.66. The summed E-state index contributed by atoms with van der Waals surface area (Å²) in [6.07, 6.45) is 0. The second-order valence-electron chi connectivity index (χ2n) is 5.18. The van der Waals surface area contributed by atoms with Gasteiger partial charge in [0.1, 0.15) is 0 Å². The summed E-state index contributed by atoms with van der Waals surface area (Å²) in [4.78, 5) is 19.8. The van der Waals surface area contributed by atoms with Crippen LogP contribution in [0, 0.1) is 13.8 Å². The van der Waals surface area contributed by atoms with Crippen LogP contribution in [0.5, 0.6) is 0 Å². The number of nitrogens with one attached hydrogen (secondary N) is 2. The third kappa shape index (κ3) is 3.65. The van der Waals surface area contributed by atoms with E-state index >= 15 is 0 Å². The maximum Gasteiger partial charge on any atom is 0.209 e. The maximum atomic E-state index is 12.2. The summed E-state index contributed by atoms with van der Waals surface area (Å²) in [5.41, 5.74) is 3.50. The van der Waals surface area contributed by atoms with Gasteiger partial charge in [-0.2, -0.15) is 0 Å². The van der Waals surface area contributed by atoms with Crippen LogP contribution in [0.1, 0.15) is 21.7 Å². The molecule has 0 spiro atoms. The van der Waals surface area contributed by atoms with Crippen molar-refractivity contribution in [2.45, 2.75) is 19.0 Å². The van der Waals surface area contributed by atoms with E-state index in [-0.39, 0.29) is 5.78 Å². The van der Waals surface area contributed by atoms with E-state index in [9.17, 15) is 4.79 Å². The lowest BCUT2D eigenvalue weighted by Crippen LogP contribution is -2.03. The fraction of sp³-hybridized carbons (Fsp3) is 0.188. The highest BCUT2D eigenvalue weighted by Crippen LogP contribution is 2.22. The molecule has 3 aromatic rings. The lowest BCUT2D eigenvalue weighted by molar-refractivity contribution is 0.102. The minimum Gasteiger partial charge on any atom is -0.362 e. The average Bonchev–Trinajstić information content (AvgIpc) is 3.12. The first kappa shape index (κ1) is 15.8. The molecule has 0 aliphatic heterocycles. The molecule has 0 radical (unpaired) electrons. The first-order valence-electron chi connectivity index (χ1n) is 7.03. The molecule has 0 fully saturated rings. The summed E-state index contributed by atoms with van der Waals surface area (Å²) in [6, 6.07) is 9.21. The van der Waals surface area contributed by atoms with Crippen LogP contribution >= 0.6 is 23.4 Å². The summed E-state index contributed by atoms with van der Waals surface area (Å²) in [5, 5.41) is 8.24. The molecule has 0 bridgehead atoms. The monoisotopic (exact) mass is 346 g/mol. The first-order valence-corrected chi connectivity index (χ1v) is 8.40. The number of nitrogens with zero attached hydrogens (tertiary/aromatic N) is 2. The Hall–Kier alpha value is -2.05. The van der Waals surface area contributed by atoms with Crippen molar-refractivity contribution < 1.29 is 4.79 Å². The largest absolute Gasteiger partial charge is 0.362 e. The van der Waals surface area contributed by atoms with Crippen molar-refractivity contribution in [3.8, 4) is 11.4 Å². The minimum absolute atomic E-state index is 0.0645. The van der Waals surface area contributed by atoms with Crippen LogP contribution in [0.15, 0.2) is 35.5 Å². The summed E-state index contributed by atoms with van der Waals surface area (Å²) in [6.45, 7) is 3.83. The van der Waals surface area contributed by atoms with Gasteiger partial charge in [-0.1, -0.05) is 23.4 Å². The van der Waals surface area contributed by atoms with Crippen LogP contribution in [0.3, 0.4) is 0 Å². The fourth-order valence-corrected chi connectivity index (χ4v) is 3.08. The van der Waals surface area contributed by atoms with Crippen molar-refractivity contribution in [1.29, 1.82) is 0 Å².